The maximum absolute atomic E-state index is 6.07. The lowest BCUT2D eigenvalue weighted by Gasteiger charge is -2.45. The van der Waals surface area contributed by atoms with E-state index in [4.69, 9.17) is 4.74 Å². The Labute approximate surface area is 97.2 Å². The Morgan fingerprint density at radius 1 is 1.36 bits per heavy atom. The molecule has 0 aromatic heterocycles. The molecule has 1 heterocycles. The van der Waals surface area contributed by atoms with Crippen molar-refractivity contribution >= 4 is 28.3 Å². The van der Waals surface area contributed by atoms with Crippen molar-refractivity contribution in [2.24, 2.45) is 0 Å². The third-order valence-electron chi connectivity index (χ3n) is 3.14. The first-order chi connectivity index (χ1) is 6.77. The van der Waals surface area contributed by atoms with Gasteiger partial charge in [-0.2, -0.15) is 0 Å². The van der Waals surface area contributed by atoms with Crippen LogP contribution in [0.1, 0.15) is 19.3 Å². The zero-order valence-electron chi connectivity index (χ0n) is 7.85. The van der Waals surface area contributed by atoms with Crippen LogP contribution >= 0.6 is 22.6 Å². The van der Waals surface area contributed by atoms with Crippen LogP contribution < -0.4 is 10.1 Å². The molecular formula is C11H12INO. The molecule has 1 aromatic rings. The first kappa shape index (κ1) is 8.83. The molecule has 0 amide bonds. The molecule has 1 spiro atoms. The molecule has 0 saturated heterocycles. The molecule has 2 nitrogen and oxygen atoms in total. The van der Waals surface area contributed by atoms with E-state index in [1.807, 2.05) is 0 Å². The summed E-state index contributed by atoms with van der Waals surface area (Å²) in [6, 6.07) is 6.32. The lowest BCUT2D eigenvalue weighted by molar-refractivity contribution is 0.000144. The SMILES string of the molecule is Ic1ccc2c(c1)OC1(CCC1)CN2. The highest BCUT2D eigenvalue weighted by Crippen LogP contribution is 2.43. The summed E-state index contributed by atoms with van der Waals surface area (Å²) in [6.45, 7) is 0.973. The van der Waals surface area contributed by atoms with E-state index in [1.54, 1.807) is 0 Å². The van der Waals surface area contributed by atoms with Gasteiger partial charge in [-0.1, -0.05) is 0 Å². The van der Waals surface area contributed by atoms with Gasteiger partial charge in [0.1, 0.15) is 11.4 Å². The lowest BCUT2D eigenvalue weighted by Crippen LogP contribution is -2.51. The fraction of sp³-hybridized carbons (Fsp3) is 0.455. The van der Waals surface area contributed by atoms with Crippen molar-refractivity contribution in [1.29, 1.82) is 0 Å². The molecule has 0 radical (unpaired) electrons. The second-order valence-corrected chi connectivity index (χ2v) is 5.38. The van der Waals surface area contributed by atoms with Crippen molar-refractivity contribution in [3.63, 3.8) is 0 Å². The average molecular weight is 301 g/mol. The molecule has 2 aliphatic rings. The Morgan fingerprint density at radius 2 is 2.21 bits per heavy atom. The fourth-order valence-electron chi connectivity index (χ4n) is 2.10. The summed E-state index contributed by atoms with van der Waals surface area (Å²) in [6.07, 6.45) is 3.71. The van der Waals surface area contributed by atoms with Gasteiger partial charge in [0.2, 0.25) is 0 Å². The molecule has 3 rings (SSSR count). The van der Waals surface area contributed by atoms with E-state index in [-0.39, 0.29) is 5.60 Å². The van der Waals surface area contributed by atoms with E-state index < -0.39 is 0 Å². The Hall–Kier alpha value is -0.450. The van der Waals surface area contributed by atoms with Crippen molar-refractivity contribution in [3.05, 3.63) is 21.8 Å². The van der Waals surface area contributed by atoms with Crippen molar-refractivity contribution in [1.82, 2.24) is 0 Å². The Kier molecular flexibility index (Phi) is 1.90. The monoisotopic (exact) mass is 301 g/mol. The van der Waals surface area contributed by atoms with Gasteiger partial charge in [0.15, 0.2) is 0 Å². The summed E-state index contributed by atoms with van der Waals surface area (Å²) in [7, 11) is 0. The highest BCUT2D eigenvalue weighted by atomic mass is 127. The summed E-state index contributed by atoms with van der Waals surface area (Å²) in [5.74, 6) is 1.03. The van der Waals surface area contributed by atoms with Gasteiger partial charge in [-0.05, 0) is 60.1 Å². The smallest absolute Gasteiger partial charge is 0.144 e. The van der Waals surface area contributed by atoms with E-state index in [0.717, 1.165) is 18.0 Å². The summed E-state index contributed by atoms with van der Waals surface area (Å²) in [4.78, 5) is 0. The van der Waals surface area contributed by atoms with Crippen LogP contribution in [0.15, 0.2) is 18.2 Å². The highest BCUT2D eigenvalue weighted by molar-refractivity contribution is 14.1. The molecule has 0 unspecified atom stereocenters. The molecule has 0 atom stereocenters. The van der Waals surface area contributed by atoms with E-state index in [9.17, 15) is 0 Å². The largest absolute Gasteiger partial charge is 0.483 e. The molecule has 1 aliphatic carbocycles. The zero-order chi connectivity index (χ0) is 9.60. The van der Waals surface area contributed by atoms with Crippen LogP contribution in [0, 0.1) is 3.57 Å². The summed E-state index contributed by atoms with van der Waals surface area (Å²) in [5.41, 5.74) is 1.26. The third-order valence-corrected chi connectivity index (χ3v) is 3.81. The summed E-state index contributed by atoms with van der Waals surface area (Å²) >= 11 is 2.32. The molecule has 74 valence electrons. The number of halogens is 1. The standard InChI is InChI=1S/C11H12INO/c12-8-2-3-9-10(6-8)14-11(7-13-9)4-1-5-11/h2-3,6,13H,1,4-5,7H2. The molecule has 1 N–H and O–H groups in total. The topological polar surface area (TPSA) is 21.3 Å². The van der Waals surface area contributed by atoms with Crippen LogP contribution in [0.3, 0.4) is 0 Å². The van der Waals surface area contributed by atoms with Crippen LogP contribution in [-0.4, -0.2) is 12.1 Å². The van der Waals surface area contributed by atoms with Crippen molar-refractivity contribution < 1.29 is 4.74 Å². The number of ether oxygens (including phenoxy) is 1. The van der Waals surface area contributed by atoms with Crippen LogP contribution in [0.2, 0.25) is 0 Å². The van der Waals surface area contributed by atoms with Crippen LogP contribution in [0.4, 0.5) is 5.69 Å². The minimum atomic E-state index is 0.122. The average Bonchev–Trinajstić information content (AvgIpc) is 2.14. The second kappa shape index (κ2) is 3.02. The van der Waals surface area contributed by atoms with Gasteiger partial charge < -0.3 is 10.1 Å². The molecule has 3 heteroatoms. The quantitative estimate of drug-likeness (QED) is 0.744. The summed E-state index contributed by atoms with van der Waals surface area (Å²) in [5, 5.41) is 3.45. The Morgan fingerprint density at radius 3 is 2.93 bits per heavy atom. The van der Waals surface area contributed by atoms with Gasteiger partial charge in [0.25, 0.3) is 0 Å². The Bertz CT molecular complexity index is 374. The van der Waals surface area contributed by atoms with Gasteiger partial charge in [-0.25, -0.2) is 0 Å². The van der Waals surface area contributed by atoms with Crippen LogP contribution in [-0.2, 0) is 0 Å². The number of hydrogen-bond donors (Lipinski definition) is 1. The van der Waals surface area contributed by atoms with Crippen molar-refractivity contribution in [2.75, 3.05) is 11.9 Å². The van der Waals surface area contributed by atoms with E-state index in [1.165, 1.54) is 22.8 Å². The second-order valence-electron chi connectivity index (χ2n) is 4.13. The van der Waals surface area contributed by atoms with E-state index >= 15 is 0 Å². The number of anilines is 1. The zero-order valence-corrected chi connectivity index (χ0v) is 10.0. The van der Waals surface area contributed by atoms with Gasteiger partial charge in [0.05, 0.1) is 12.2 Å². The summed E-state index contributed by atoms with van der Waals surface area (Å²) < 4.78 is 7.30. The highest BCUT2D eigenvalue weighted by Gasteiger charge is 2.41. The number of benzene rings is 1. The number of rotatable bonds is 0. The first-order valence-electron chi connectivity index (χ1n) is 5.00. The predicted molar refractivity (Wildman–Crippen MR) is 64.9 cm³/mol. The Balaban J connectivity index is 1.96. The normalized spacial score (nSPS) is 21.8. The molecule has 1 aromatic carbocycles. The van der Waals surface area contributed by atoms with Crippen LogP contribution in [0.5, 0.6) is 5.75 Å². The minimum absolute atomic E-state index is 0.122. The van der Waals surface area contributed by atoms with E-state index in [0.29, 0.717) is 0 Å². The minimum Gasteiger partial charge on any atom is -0.483 e. The third kappa shape index (κ3) is 1.29. The molecule has 0 bridgehead atoms. The molecule has 1 saturated carbocycles. The van der Waals surface area contributed by atoms with Crippen LogP contribution in [0.25, 0.3) is 0 Å². The van der Waals surface area contributed by atoms with Gasteiger partial charge >= 0.3 is 0 Å². The lowest BCUT2D eigenvalue weighted by atomic mass is 9.79. The van der Waals surface area contributed by atoms with Gasteiger partial charge in [0, 0.05) is 3.57 Å². The predicted octanol–water partition coefficient (Wildman–Crippen LogP) is 3.02. The van der Waals surface area contributed by atoms with Crippen molar-refractivity contribution in [2.45, 2.75) is 24.9 Å². The first-order valence-corrected chi connectivity index (χ1v) is 6.08. The van der Waals surface area contributed by atoms with Gasteiger partial charge in [-0.15, -0.1) is 0 Å². The molecular weight excluding hydrogens is 289 g/mol. The fourth-order valence-corrected chi connectivity index (χ4v) is 2.56. The van der Waals surface area contributed by atoms with Crippen molar-refractivity contribution in [3.8, 4) is 5.75 Å². The maximum atomic E-state index is 6.07. The number of fused-ring (bicyclic) bond motifs is 1. The molecule has 1 aliphatic heterocycles. The molecule has 14 heavy (non-hydrogen) atoms. The number of hydrogen-bond acceptors (Lipinski definition) is 2. The van der Waals surface area contributed by atoms with Gasteiger partial charge in [-0.3, -0.25) is 0 Å². The molecule has 1 fully saturated rings. The maximum Gasteiger partial charge on any atom is 0.144 e. The number of nitrogens with one attached hydrogen (secondary N) is 1. The van der Waals surface area contributed by atoms with E-state index in [2.05, 4.69) is 46.1 Å².